The number of amides is 1. The summed E-state index contributed by atoms with van der Waals surface area (Å²) in [6.45, 7) is 12.3. The van der Waals surface area contributed by atoms with E-state index in [1.165, 1.54) is 6.42 Å². The Hall–Kier alpha value is -0.930. The van der Waals surface area contributed by atoms with Crippen LogP contribution in [0.3, 0.4) is 0 Å². The Morgan fingerprint density at radius 1 is 1.00 bits per heavy atom. The SMILES string of the molecule is CC[C@@H]1C[C@@H](OCCOCCOCCOC2CCCCO2)CN1C(=O)OC(C)(C)C. The van der Waals surface area contributed by atoms with Crippen LogP contribution in [-0.4, -0.2) is 87.8 Å². The molecule has 8 nitrogen and oxygen atoms in total. The average molecular weight is 432 g/mol. The number of carbonyl (C=O) groups is 1. The second-order valence-corrected chi connectivity index (χ2v) is 8.81. The first-order valence-electron chi connectivity index (χ1n) is 11.4. The lowest BCUT2D eigenvalue weighted by Gasteiger charge is -2.27. The molecule has 2 fully saturated rings. The highest BCUT2D eigenvalue weighted by molar-refractivity contribution is 5.69. The molecule has 0 spiro atoms. The summed E-state index contributed by atoms with van der Waals surface area (Å²) in [6.07, 6.45) is 4.70. The monoisotopic (exact) mass is 431 g/mol. The molecule has 176 valence electrons. The van der Waals surface area contributed by atoms with E-state index < -0.39 is 5.60 Å². The highest BCUT2D eigenvalue weighted by Gasteiger charge is 2.36. The molecule has 0 aromatic rings. The summed E-state index contributed by atoms with van der Waals surface area (Å²) in [7, 11) is 0. The van der Waals surface area contributed by atoms with Crippen LogP contribution in [-0.2, 0) is 28.4 Å². The van der Waals surface area contributed by atoms with Gasteiger partial charge in [-0.1, -0.05) is 6.92 Å². The molecule has 0 bridgehead atoms. The predicted octanol–water partition coefficient (Wildman–Crippen LogP) is 3.37. The summed E-state index contributed by atoms with van der Waals surface area (Å²) in [5, 5.41) is 0. The third-order valence-corrected chi connectivity index (χ3v) is 5.10. The molecule has 0 aliphatic carbocycles. The van der Waals surface area contributed by atoms with Crippen molar-refractivity contribution >= 4 is 6.09 Å². The van der Waals surface area contributed by atoms with Gasteiger partial charge in [-0.3, -0.25) is 0 Å². The van der Waals surface area contributed by atoms with Crippen LogP contribution in [0.5, 0.6) is 0 Å². The molecule has 1 amide bonds. The maximum absolute atomic E-state index is 12.4. The number of carbonyl (C=O) groups excluding carboxylic acids is 1. The molecule has 2 heterocycles. The minimum Gasteiger partial charge on any atom is -0.444 e. The van der Waals surface area contributed by atoms with Crippen molar-refractivity contribution in [2.75, 3.05) is 52.8 Å². The van der Waals surface area contributed by atoms with Crippen molar-refractivity contribution in [1.29, 1.82) is 0 Å². The summed E-state index contributed by atoms with van der Waals surface area (Å²) in [6, 6.07) is 0.167. The zero-order chi connectivity index (χ0) is 21.8. The van der Waals surface area contributed by atoms with Crippen LogP contribution >= 0.6 is 0 Å². The van der Waals surface area contributed by atoms with Gasteiger partial charge in [0.25, 0.3) is 0 Å². The van der Waals surface area contributed by atoms with E-state index in [2.05, 4.69) is 6.92 Å². The fraction of sp³-hybridized carbons (Fsp3) is 0.955. The molecule has 0 aromatic heterocycles. The number of hydrogen-bond donors (Lipinski definition) is 0. The number of rotatable bonds is 12. The molecule has 2 rings (SSSR count). The molecular formula is C22H41NO7. The van der Waals surface area contributed by atoms with Gasteiger partial charge in [-0.25, -0.2) is 4.79 Å². The third-order valence-electron chi connectivity index (χ3n) is 5.10. The van der Waals surface area contributed by atoms with E-state index in [9.17, 15) is 4.79 Å². The van der Waals surface area contributed by atoms with E-state index in [1.54, 1.807) is 4.90 Å². The maximum Gasteiger partial charge on any atom is 0.410 e. The quantitative estimate of drug-likeness (QED) is 0.439. The zero-order valence-electron chi connectivity index (χ0n) is 19.2. The maximum atomic E-state index is 12.4. The Morgan fingerprint density at radius 2 is 1.67 bits per heavy atom. The number of nitrogens with zero attached hydrogens (tertiary/aromatic N) is 1. The van der Waals surface area contributed by atoms with Crippen molar-refractivity contribution in [3.63, 3.8) is 0 Å². The summed E-state index contributed by atoms with van der Waals surface area (Å²) in [5.41, 5.74) is -0.486. The van der Waals surface area contributed by atoms with Crippen LogP contribution in [0.1, 0.15) is 59.8 Å². The molecule has 0 aromatic carbocycles. The standard InChI is InChI=1S/C22H41NO7/c1-5-18-16-19(17-23(18)21(24)30-22(2,3)4)27-14-12-25-10-11-26-13-15-29-20-8-6-7-9-28-20/h18-20H,5-17H2,1-4H3/t18-,19-,20?/m1/s1. The van der Waals surface area contributed by atoms with Crippen LogP contribution in [0.2, 0.25) is 0 Å². The van der Waals surface area contributed by atoms with E-state index >= 15 is 0 Å². The van der Waals surface area contributed by atoms with Gasteiger partial charge in [-0.05, 0) is 52.9 Å². The Morgan fingerprint density at radius 3 is 2.27 bits per heavy atom. The highest BCUT2D eigenvalue weighted by Crippen LogP contribution is 2.25. The van der Waals surface area contributed by atoms with Crippen LogP contribution in [0.4, 0.5) is 4.79 Å². The van der Waals surface area contributed by atoms with Crippen LogP contribution in [0.15, 0.2) is 0 Å². The largest absolute Gasteiger partial charge is 0.444 e. The van der Waals surface area contributed by atoms with Crippen molar-refractivity contribution in [2.45, 2.75) is 83.8 Å². The molecule has 2 aliphatic heterocycles. The number of likely N-dealkylation sites (tertiary alicyclic amines) is 1. The van der Waals surface area contributed by atoms with E-state index in [0.717, 1.165) is 32.3 Å². The summed E-state index contributed by atoms with van der Waals surface area (Å²) in [4.78, 5) is 14.2. The first kappa shape index (κ1) is 25.3. The lowest BCUT2D eigenvalue weighted by molar-refractivity contribution is -0.169. The smallest absolute Gasteiger partial charge is 0.410 e. The Balaban J connectivity index is 1.46. The van der Waals surface area contributed by atoms with E-state index in [1.807, 2.05) is 20.8 Å². The van der Waals surface area contributed by atoms with Gasteiger partial charge < -0.3 is 33.3 Å². The second kappa shape index (κ2) is 13.5. The van der Waals surface area contributed by atoms with Crippen molar-refractivity contribution in [3.05, 3.63) is 0 Å². The summed E-state index contributed by atoms with van der Waals surface area (Å²) in [5.74, 6) is 0. The molecule has 1 unspecified atom stereocenters. The highest BCUT2D eigenvalue weighted by atomic mass is 16.7. The van der Waals surface area contributed by atoms with Gasteiger partial charge in [0, 0.05) is 12.6 Å². The first-order valence-corrected chi connectivity index (χ1v) is 11.4. The number of ether oxygens (including phenoxy) is 6. The molecule has 0 N–H and O–H groups in total. The van der Waals surface area contributed by atoms with Gasteiger partial charge in [-0.2, -0.15) is 0 Å². The zero-order valence-corrected chi connectivity index (χ0v) is 19.2. The summed E-state index contributed by atoms with van der Waals surface area (Å²) >= 11 is 0. The van der Waals surface area contributed by atoms with E-state index in [0.29, 0.717) is 46.2 Å². The lowest BCUT2D eigenvalue weighted by Crippen LogP contribution is -2.40. The number of hydrogen-bond acceptors (Lipinski definition) is 7. The Labute approximate surface area is 181 Å². The summed E-state index contributed by atoms with van der Waals surface area (Å²) < 4.78 is 33.6. The predicted molar refractivity (Wildman–Crippen MR) is 113 cm³/mol. The lowest BCUT2D eigenvalue weighted by atomic mass is 10.1. The Kier molecular flexibility index (Phi) is 11.4. The van der Waals surface area contributed by atoms with Gasteiger partial charge in [0.1, 0.15) is 5.60 Å². The van der Waals surface area contributed by atoms with Gasteiger partial charge in [0.15, 0.2) is 6.29 Å². The van der Waals surface area contributed by atoms with Gasteiger partial charge >= 0.3 is 6.09 Å². The van der Waals surface area contributed by atoms with Gasteiger partial charge in [0.05, 0.1) is 52.3 Å². The molecule has 0 saturated carbocycles. The molecule has 0 radical (unpaired) electrons. The van der Waals surface area contributed by atoms with Crippen molar-refractivity contribution in [1.82, 2.24) is 4.90 Å². The van der Waals surface area contributed by atoms with Gasteiger partial charge in [0.2, 0.25) is 0 Å². The molecule has 30 heavy (non-hydrogen) atoms. The minimum atomic E-state index is -0.486. The Bertz CT molecular complexity index is 477. The second-order valence-electron chi connectivity index (χ2n) is 8.81. The normalized spacial score (nSPS) is 24.9. The van der Waals surface area contributed by atoms with Crippen molar-refractivity contribution < 1.29 is 33.2 Å². The van der Waals surface area contributed by atoms with Gasteiger partial charge in [-0.15, -0.1) is 0 Å². The first-order chi connectivity index (χ1) is 14.4. The topological polar surface area (TPSA) is 75.7 Å². The van der Waals surface area contributed by atoms with Crippen molar-refractivity contribution in [2.24, 2.45) is 0 Å². The van der Waals surface area contributed by atoms with E-state index in [-0.39, 0.29) is 24.5 Å². The van der Waals surface area contributed by atoms with E-state index in [4.69, 9.17) is 28.4 Å². The molecule has 2 aliphatic rings. The molecular weight excluding hydrogens is 390 g/mol. The molecule has 2 saturated heterocycles. The minimum absolute atomic E-state index is 0.0291. The van der Waals surface area contributed by atoms with Crippen molar-refractivity contribution in [3.8, 4) is 0 Å². The fourth-order valence-corrected chi connectivity index (χ4v) is 3.60. The molecule has 8 heteroatoms. The van der Waals surface area contributed by atoms with Crippen LogP contribution in [0, 0.1) is 0 Å². The van der Waals surface area contributed by atoms with Crippen LogP contribution < -0.4 is 0 Å². The fourth-order valence-electron chi connectivity index (χ4n) is 3.60. The molecule has 3 atom stereocenters. The average Bonchev–Trinajstić information content (AvgIpc) is 3.12. The third kappa shape index (κ3) is 9.92. The van der Waals surface area contributed by atoms with Crippen LogP contribution in [0.25, 0.3) is 0 Å².